The Bertz CT molecular complexity index is 561. The van der Waals surface area contributed by atoms with Crippen molar-refractivity contribution in [3.05, 3.63) is 41.6 Å². The number of ketones is 1. The highest BCUT2D eigenvalue weighted by atomic mass is 16.5. The van der Waals surface area contributed by atoms with E-state index in [9.17, 15) is 9.59 Å². The second-order valence-electron chi connectivity index (χ2n) is 5.25. The van der Waals surface area contributed by atoms with Crippen molar-refractivity contribution in [3.63, 3.8) is 0 Å². The highest BCUT2D eigenvalue weighted by Crippen LogP contribution is 2.21. The average Bonchev–Trinajstić information content (AvgIpc) is 2.48. The minimum atomic E-state index is -0.344. The van der Waals surface area contributed by atoms with Crippen molar-refractivity contribution in [1.82, 2.24) is 4.90 Å². The van der Waals surface area contributed by atoms with Crippen LogP contribution in [0, 0.1) is 0 Å². The SMILES string of the molecule is COC(=O)c1ccc(N2CCC(=O)C(=CN(C)C)C2)cc1. The fourth-order valence-electron chi connectivity index (χ4n) is 2.34. The molecule has 1 aromatic carbocycles. The van der Waals surface area contributed by atoms with E-state index in [1.807, 2.05) is 37.3 Å². The van der Waals surface area contributed by atoms with Gasteiger partial charge in [0.25, 0.3) is 0 Å². The zero-order chi connectivity index (χ0) is 15.4. The average molecular weight is 288 g/mol. The third kappa shape index (κ3) is 3.62. The molecule has 5 nitrogen and oxygen atoms in total. The maximum absolute atomic E-state index is 11.9. The number of anilines is 1. The van der Waals surface area contributed by atoms with Gasteiger partial charge in [0, 0.05) is 51.1 Å². The van der Waals surface area contributed by atoms with E-state index in [1.54, 1.807) is 12.1 Å². The molecule has 1 heterocycles. The van der Waals surface area contributed by atoms with Crippen molar-refractivity contribution in [2.45, 2.75) is 6.42 Å². The summed E-state index contributed by atoms with van der Waals surface area (Å²) < 4.78 is 4.68. The number of rotatable bonds is 3. The molecule has 0 atom stereocenters. The van der Waals surface area contributed by atoms with Gasteiger partial charge in [-0.05, 0) is 24.3 Å². The van der Waals surface area contributed by atoms with Gasteiger partial charge in [-0.2, -0.15) is 0 Å². The molecular weight excluding hydrogens is 268 g/mol. The first-order chi connectivity index (χ1) is 10.0. The first kappa shape index (κ1) is 15.1. The van der Waals surface area contributed by atoms with E-state index in [0.29, 0.717) is 25.1 Å². The Hall–Kier alpha value is -2.30. The largest absolute Gasteiger partial charge is 0.465 e. The number of piperidine rings is 1. The van der Waals surface area contributed by atoms with Crippen LogP contribution in [0.2, 0.25) is 0 Å². The lowest BCUT2D eigenvalue weighted by Gasteiger charge is -2.30. The molecule has 0 amide bonds. The molecule has 2 rings (SSSR count). The number of carbonyl (C=O) groups is 2. The van der Waals surface area contributed by atoms with Crippen molar-refractivity contribution >= 4 is 17.4 Å². The lowest BCUT2D eigenvalue weighted by Crippen LogP contribution is -2.36. The van der Waals surface area contributed by atoms with Crippen LogP contribution in [-0.2, 0) is 9.53 Å². The molecule has 0 aliphatic carbocycles. The fourth-order valence-corrected chi connectivity index (χ4v) is 2.34. The number of carbonyl (C=O) groups excluding carboxylic acids is 2. The van der Waals surface area contributed by atoms with Crippen LogP contribution in [0.1, 0.15) is 16.8 Å². The molecule has 1 saturated heterocycles. The Labute approximate surface area is 124 Å². The molecule has 1 aliphatic rings. The maximum Gasteiger partial charge on any atom is 0.337 e. The molecule has 21 heavy (non-hydrogen) atoms. The summed E-state index contributed by atoms with van der Waals surface area (Å²) in [6.45, 7) is 1.29. The van der Waals surface area contributed by atoms with Crippen LogP contribution >= 0.6 is 0 Å². The van der Waals surface area contributed by atoms with Crippen molar-refractivity contribution in [2.24, 2.45) is 0 Å². The quantitative estimate of drug-likeness (QED) is 0.626. The van der Waals surface area contributed by atoms with Crippen LogP contribution < -0.4 is 4.90 Å². The van der Waals surface area contributed by atoms with Gasteiger partial charge in [0.05, 0.1) is 12.7 Å². The molecule has 0 radical (unpaired) electrons. The smallest absolute Gasteiger partial charge is 0.337 e. The van der Waals surface area contributed by atoms with Gasteiger partial charge in [0.2, 0.25) is 0 Å². The van der Waals surface area contributed by atoms with Crippen LogP contribution in [0.15, 0.2) is 36.0 Å². The first-order valence-corrected chi connectivity index (χ1v) is 6.85. The molecule has 1 aliphatic heterocycles. The summed E-state index contributed by atoms with van der Waals surface area (Å²) in [6.07, 6.45) is 2.38. The van der Waals surface area contributed by atoms with Gasteiger partial charge < -0.3 is 14.5 Å². The molecule has 0 saturated carbocycles. The molecule has 1 fully saturated rings. The standard InChI is InChI=1S/C16H20N2O3/c1-17(2)10-13-11-18(9-8-15(13)19)14-6-4-12(5-7-14)16(20)21-3/h4-7,10H,8-9,11H2,1-3H3. The number of benzene rings is 1. The van der Waals surface area contributed by atoms with Crippen LogP contribution in [0.25, 0.3) is 0 Å². The summed E-state index contributed by atoms with van der Waals surface area (Å²) in [5.41, 5.74) is 2.33. The van der Waals surface area contributed by atoms with Crippen LogP contribution in [-0.4, -0.2) is 50.9 Å². The van der Waals surface area contributed by atoms with Gasteiger partial charge in [-0.1, -0.05) is 0 Å². The molecule has 0 unspecified atom stereocenters. The number of nitrogens with zero attached hydrogens (tertiary/aromatic N) is 2. The van der Waals surface area contributed by atoms with Gasteiger partial charge in [-0.25, -0.2) is 4.79 Å². The van der Waals surface area contributed by atoms with E-state index in [1.165, 1.54) is 7.11 Å². The van der Waals surface area contributed by atoms with E-state index in [4.69, 9.17) is 0 Å². The minimum absolute atomic E-state index is 0.200. The first-order valence-electron chi connectivity index (χ1n) is 6.85. The van der Waals surface area contributed by atoms with Gasteiger partial charge in [0.1, 0.15) is 0 Å². The van der Waals surface area contributed by atoms with E-state index in [2.05, 4.69) is 9.64 Å². The third-order valence-electron chi connectivity index (χ3n) is 3.40. The second-order valence-corrected chi connectivity index (χ2v) is 5.25. The zero-order valence-corrected chi connectivity index (χ0v) is 12.6. The number of Topliss-reactive ketones (excluding diaryl/α,β-unsaturated/α-hetero) is 1. The summed E-state index contributed by atoms with van der Waals surface area (Å²) in [5.74, 6) is -0.144. The van der Waals surface area contributed by atoms with Crippen molar-refractivity contribution in [1.29, 1.82) is 0 Å². The van der Waals surface area contributed by atoms with Crippen LogP contribution in [0.3, 0.4) is 0 Å². The number of hydrogen-bond acceptors (Lipinski definition) is 5. The third-order valence-corrected chi connectivity index (χ3v) is 3.40. The van der Waals surface area contributed by atoms with Crippen LogP contribution in [0.4, 0.5) is 5.69 Å². The Morgan fingerprint density at radius 1 is 1.29 bits per heavy atom. The summed E-state index contributed by atoms with van der Waals surface area (Å²) >= 11 is 0. The van der Waals surface area contributed by atoms with Gasteiger partial charge in [-0.3, -0.25) is 4.79 Å². The topological polar surface area (TPSA) is 49.9 Å². The maximum atomic E-state index is 11.9. The number of methoxy groups -OCH3 is 1. The predicted octanol–water partition coefficient (Wildman–Crippen LogP) is 1.70. The summed E-state index contributed by atoms with van der Waals surface area (Å²) in [5, 5.41) is 0. The Kier molecular flexibility index (Phi) is 4.62. The highest BCUT2D eigenvalue weighted by Gasteiger charge is 2.22. The molecular formula is C16H20N2O3. The molecule has 112 valence electrons. The monoisotopic (exact) mass is 288 g/mol. The molecule has 5 heteroatoms. The van der Waals surface area contributed by atoms with Gasteiger partial charge in [0.15, 0.2) is 5.78 Å². The molecule has 0 N–H and O–H groups in total. The molecule has 0 spiro atoms. The molecule has 1 aromatic rings. The summed E-state index contributed by atoms with van der Waals surface area (Å²) in [7, 11) is 5.18. The fraction of sp³-hybridized carbons (Fsp3) is 0.375. The number of ether oxygens (including phenoxy) is 1. The van der Waals surface area contributed by atoms with E-state index in [0.717, 1.165) is 11.3 Å². The van der Waals surface area contributed by atoms with E-state index < -0.39 is 0 Å². The Balaban J connectivity index is 2.15. The molecule has 0 aromatic heterocycles. The highest BCUT2D eigenvalue weighted by molar-refractivity contribution is 5.97. The van der Waals surface area contributed by atoms with Crippen molar-refractivity contribution in [2.75, 3.05) is 39.2 Å². The molecule has 0 bridgehead atoms. The summed E-state index contributed by atoms with van der Waals surface area (Å²) in [4.78, 5) is 27.4. The number of hydrogen-bond donors (Lipinski definition) is 0. The Morgan fingerprint density at radius 2 is 1.95 bits per heavy atom. The van der Waals surface area contributed by atoms with Crippen LogP contribution in [0.5, 0.6) is 0 Å². The van der Waals surface area contributed by atoms with E-state index in [-0.39, 0.29) is 11.8 Å². The van der Waals surface area contributed by atoms with Gasteiger partial charge in [-0.15, -0.1) is 0 Å². The normalized spacial score (nSPS) is 17.0. The Morgan fingerprint density at radius 3 is 2.52 bits per heavy atom. The number of esters is 1. The second kappa shape index (κ2) is 6.43. The lowest BCUT2D eigenvalue weighted by atomic mass is 10.0. The van der Waals surface area contributed by atoms with E-state index >= 15 is 0 Å². The zero-order valence-electron chi connectivity index (χ0n) is 12.6. The minimum Gasteiger partial charge on any atom is -0.465 e. The summed E-state index contributed by atoms with van der Waals surface area (Å²) in [6, 6.07) is 7.25. The van der Waals surface area contributed by atoms with Crippen molar-refractivity contribution in [3.8, 4) is 0 Å². The predicted molar refractivity (Wildman–Crippen MR) is 81.4 cm³/mol. The lowest BCUT2D eigenvalue weighted by molar-refractivity contribution is -0.116. The van der Waals surface area contributed by atoms with Crippen molar-refractivity contribution < 1.29 is 14.3 Å². The van der Waals surface area contributed by atoms with Gasteiger partial charge >= 0.3 is 5.97 Å².